The summed E-state index contributed by atoms with van der Waals surface area (Å²) in [5.74, 6) is 0. The molecule has 88 valence electrons. The van der Waals surface area contributed by atoms with E-state index in [1.54, 1.807) is 11.3 Å². The normalized spacial score (nSPS) is 10.4. The average molecular weight is 251 g/mol. The fourth-order valence-corrected chi connectivity index (χ4v) is 2.83. The van der Waals surface area contributed by atoms with Gasteiger partial charge in [-0.3, -0.25) is 0 Å². The van der Waals surface area contributed by atoms with Crippen LogP contribution in [-0.4, -0.2) is 4.98 Å². The van der Waals surface area contributed by atoms with Crippen LogP contribution in [0.15, 0.2) is 66.2 Å². The minimum absolute atomic E-state index is 0.897. The Balaban J connectivity index is 1.93. The predicted molar refractivity (Wildman–Crippen MR) is 76.8 cm³/mol. The average Bonchev–Trinajstić information content (AvgIpc) is 2.89. The molecule has 0 fully saturated rings. The molecule has 2 heteroatoms. The maximum Gasteiger partial charge on any atom is 0.0801 e. The van der Waals surface area contributed by atoms with Crippen molar-refractivity contribution in [3.63, 3.8) is 0 Å². The molecule has 0 saturated carbocycles. The topological polar surface area (TPSA) is 12.9 Å². The third-order valence-electron chi connectivity index (χ3n) is 2.89. The number of thiazole rings is 1. The van der Waals surface area contributed by atoms with E-state index in [2.05, 4.69) is 53.5 Å². The van der Waals surface area contributed by atoms with Crippen molar-refractivity contribution < 1.29 is 0 Å². The SMILES string of the molecule is c1ccc(Cc2ncsc2-c2ccccc2)cc1. The van der Waals surface area contributed by atoms with Crippen LogP contribution in [-0.2, 0) is 6.42 Å². The van der Waals surface area contributed by atoms with Crippen LogP contribution in [0.25, 0.3) is 10.4 Å². The molecule has 0 atom stereocenters. The Morgan fingerprint density at radius 1 is 0.833 bits per heavy atom. The summed E-state index contributed by atoms with van der Waals surface area (Å²) >= 11 is 1.71. The molecule has 2 aromatic carbocycles. The molecular formula is C16H13NS. The molecule has 1 nitrogen and oxygen atoms in total. The summed E-state index contributed by atoms with van der Waals surface area (Å²) in [5, 5.41) is 0. The molecule has 3 rings (SSSR count). The zero-order valence-corrected chi connectivity index (χ0v) is 10.7. The molecule has 0 aliphatic rings. The van der Waals surface area contributed by atoms with Crippen LogP contribution in [0.2, 0.25) is 0 Å². The molecular weight excluding hydrogens is 238 g/mol. The highest BCUT2D eigenvalue weighted by atomic mass is 32.1. The van der Waals surface area contributed by atoms with Crippen LogP contribution in [0.1, 0.15) is 11.3 Å². The number of hydrogen-bond donors (Lipinski definition) is 0. The lowest BCUT2D eigenvalue weighted by atomic mass is 10.1. The first-order valence-electron chi connectivity index (χ1n) is 5.95. The van der Waals surface area contributed by atoms with E-state index >= 15 is 0 Å². The minimum atomic E-state index is 0.897. The van der Waals surface area contributed by atoms with Gasteiger partial charge in [-0.1, -0.05) is 60.7 Å². The highest BCUT2D eigenvalue weighted by Crippen LogP contribution is 2.28. The first-order chi connectivity index (χ1) is 8.93. The van der Waals surface area contributed by atoms with Gasteiger partial charge < -0.3 is 0 Å². The lowest BCUT2D eigenvalue weighted by molar-refractivity contribution is 1.11. The maximum absolute atomic E-state index is 4.51. The van der Waals surface area contributed by atoms with Crippen molar-refractivity contribution in [1.29, 1.82) is 0 Å². The Hall–Kier alpha value is -1.93. The Kier molecular flexibility index (Phi) is 3.20. The highest BCUT2D eigenvalue weighted by molar-refractivity contribution is 7.13. The standard InChI is InChI=1S/C16H13NS/c1-3-7-13(8-4-1)11-15-16(18-12-17-15)14-9-5-2-6-10-14/h1-10,12H,11H2. The van der Waals surface area contributed by atoms with Crippen molar-refractivity contribution in [1.82, 2.24) is 4.98 Å². The Labute approximate surface area is 111 Å². The summed E-state index contributed by atoms with van der Waals surface area (Å²) < 4.78 is 0. The molecule has 0 aliphatic carbocycles. The van der Waals surface area contributed by atoms with Gasteiger partial charge in [0.1, 0.15) is 0 Å². The van der Waals surface area contributed by atoms with Crippen LogP contribution in [0.5, 0.6) is 0 Å². The quantitative estimate of drug-likeness (QED) is 0.672. The molecule has 0 spiro atoms. The van der Waals surface area contributed by atoms with Crippen molar-refractivity contribution in [3.8, 4) is 10.4 Å². The van der Waals surface area contributed by atoms with Crippen molar-refractivity contribution in [2.24, 2.45) is 0 Å². The third-order valence-corrected chi connectivity index (χ3v) is 3.81. The van der Waals surface area contributed by atoms with E-state index < -0.39 is 0 Å². The van der Waals surface area contributed by atoms with E-state index in [-0.39, 0.29) is 0 Å². The van der Waals surface area contributed by atoms with Gasteiger partial charge in [-0.05, 0) is 11.1 Å². The fourth-order valence-electron chi connectivity index (χ4n) is 2.01. The van der Waals surface area contributed by atoms with Crippen LogP contribution in [0, 0.1) is 0 Å². The summed E-state index contributed by atoms with van der Waals surface area (Å²) in [4.78, 5) is 5.78. The van der Waals surface area contributed by atoms with Crippen molar-refractivity contribution >= 4 is 11.3 Å². The highest BCUT2D eigenvalue weighted by Gasteiger charge is 2.08. The molecule has 0 bridgehead atoms. The van der Waals surface area contributed by atoms with E-state index in [4.69, 9.17) is 0 Å². The smallest absolute Gasteiger partial charge is 0.0801 e. The van der Waals surface area contributed by atoms with Gasteiger partial charge in [0.2, 0.25) is 0 Å². The first kappa shape index (κ1) is 11.2. The number of aromatic nitrogens is 1. The minimum Gasteiger partial charge on any atom is -0.249 e. The van der Waals surface area contributed by atoms with Gasteiger partial charge in [-0.25, -0.2) is 4.98 Å². The molecule has 1 heterocycles. The summed E-state index contributed by atoms with van der Waals surface area (Å²) in [6.07, 6.45) is 0.897. The molecule has 0 N–H and O–H groups in total. The van der Waals surface area contributed by atoms with Crippen LogP contribution >= 0.6 is 11.3 Å². The molecule has 1 aromatic heterocycles. The molecule has 3 aromatic rings. The lowest BCUT2D eigenvalue weighted by Crippen LogP contribution is -1.90. The van der Waals surface area contributed by atoms with Crippen LogP contribution in [0.4, 0.5) is 0 Å². The number of benzene rings is 2. The predicted octanol–water partition coefficient (Wildman–Crippen LogP) is 4.40. The van der Waals surface area contributed by atoms with E-state index in [9.17, 15) is 0 Å². The van der Waals surface area contributed by atoms with Crippen molar-refractivity contribution in [2.75, 3.05) is 0 Å². The summed E-state index contributed by atoms with van der Waals surface area (Å²) in [7, 11) is 0. The second-order valence-electron chi connectivity index (χ2n) is 4.16. The number of rotatable bonds is 3. The van der Waals surface area contributed by atoms with Crippen LogP contribution < -0.4 is 0 Å². The molecule has 0 amide bonds. The molecule has 0 radical (unpaired) electrons. The zero-order valence-electron chi connectivity index (χ0n) is 9.91. The molecule has 0 unspecified atom stereocenters. The van der Waals surface area contributed by atoms with E-state index in [1.165, 1.54) is 16.0 Å². The summed E-state index contributed by atoms with van der Waals surface area (Å²) in [6, 6.07) is 21.0. The zero-order chi connectivity index (χ0) is 12.2. The Morgan fingerprint density at radius 2 is 1.50 bits per heavy atom. The maximum atomic E-state index is 4.51. The van der Waals surface area contributed by atoms with Gasteiger partial charge in [-0.2, -0.15) is 0 Å². The first-order valence-corrected chi connectivity index (χ1v) is 6.83. The van der Waals surface area contributed by atoms with Gasteiger partial charge in [-0.15, -0.1) is 11.3 Å². The van der Waals surface area contributed by atoms with Gasteiger partial charge in [0.05, 0.1) is 16.1 Å². The summed E-state index contributed by atoms with van der Waals surface area (Å²) in [6.45, 7) is 0. The Bertz CT molecular complexity index is 614. The Morgan fingerprint density at radius 3 is 2.22 bits per heavy atom. The van der Waals surface area contributed by atoms with Gasteiger partial charge in [0.15, 0.2) is 0 Å². The van der Waals surface area contributed by atoms with Crippen molar-refractivity contribution in [3.05, 3.63) is 77.4 Å². The second kappa shape index (κ2) is 5.15. The molecule has 18 heavy (non-hydrogen) atoms. The number of nitrogens with zero attached hydrogens (tertiary/aromatic N) is 1. The van der Waals surface area contributed by atoms with Crippen molar-refractivity contribution in [2.45, 2.75) is 6.42 Å². The lowest BCUT2D eigenvalue weighted by Gasteiger charge is -2.02. The van der Waals surface area contributed by atoms with Gasteiger partial charge in [0, 0.05) is 6.42 Å². The van der Waals surface area contributed by atoms with E-state index in [0.717, 1.165) is 12.1 Å². The third kappa shape index (κ3) is 2.34. The van der Waals surface area contributed by atoms with Gasteiger partial charge >= 0.3 is 0 Å². The molecule has 0 saturated heterocycles. The van der Waals surface area contributed by atoms with E-state index in [1.807, 2.05) is 17.6 Å². The largest absolute Gasteiger partial charge is 0.249 e. The fraction of sp³-hybridized carbons (Fsp3) is 0.0625. The van der Waals surface area contributed by atoms with E-state index in [0.29, 0.717) is 0 Å². The summed E-state index contributed by atoms with van der Waals surface area (Å²) in [5.41, 5.74) is 5.66. The molecule has 0 aliphatic heterocycles. The van der Waals surface area contributed by atoms with Crippen LogP contribution in [0.3, 0.4) is 0 Å². The van der Waals surface area contributed by atoms with Gasteiger partial charge in [0.25, 0.3) is 0 Å². The second-order valence-corrected chi connectivity index (χ2v) is 5.01. The monoisotopic (exact) mass is 251 g/mol. The number of hydrogen-bond acceptors (Lipinski definition) is 2.